The van der Waals surface area contributed by atoms with Crippen molar-refractivity contribution in [1.82, 2.24) is 5.32 Å². The van der Waals surface area contributed by atoms with Gasteiger partial charge in [0, 0.05) is 16.8 Å². The summed E-state index contributed by atoms with van der Waals surface area (Å²) in [5.41, 5.74) is 1.10. The van der Waals surface area contributed by atoms with Crippen LogP contribution in [-0.2, 0) is 10.5 Å². The van der Waals surface area contributed by atoms with E-state index in [0.29, 0.717) is 11.8 Å². The van der Waals surface area contributed by atoms with Gasteiger partial charge in [-0.2, -0.15) is 0 Å². The van der Waals surface area contributed by atoms with Crippen molar-refractivity contribution < 1.29 is 4.79 Å². The molecule has 0 unspecified atom stereocenters. The van der Waals surface area contributed by atoms with Crippen LogP contribution in [0.25, 0.3) is 0 Å². The fraction of sp³-hybridized carbons (Fsp3) is 0.562. The number of halogens is 1. The van der Waals surface area contributed by atoms with Gasteiger partial charge in [-0.15, -0.1) is 11.8 Å². The summed E-state index contributed by atoms with van der Waals surface area (Å²) in [6.07, 6.45) is 5.21. The third-order valence-electron chi connectivity index (χ3n) is 4.53. The van der Waals surface area contributed by atoms with Crippen molar-refractivity contribution in [1.29, 1.82) is 0 Å². The van der Waals surface area contributed by atoms with Crippen molar-refractivity contribution in [3.8, 4) is 0 Å². The first-order valence-electron chi connectivity index (χ1n) is 7.33. The Bertz CT molecular complexity index is 493. The van der Waals surface area contributed by atoms with Gasteiger partial charge in [-0.05, 0) is 42.7 Å². The Kier molecular flexibility index (Phi) is 4.57. The summed E-state index contributed by atoms with van der Waals surface area (Å²) in [4.78, 5) is 12.0. The number of rotatable bonds is 5. The Morgan fingerprint density at radius 1 is 1.30 bits per heavy atom. The minimum absolute atomic E-state index is 0.180. The van der Waals surface area contributed by atoms with Gasteiger partial charge in [-0.25, -0.2) is 0 Å². The maximum atomic E-state index is 12.0. The van der Waals surface area contributed by atoms with Crippen LogP contribution in [0.5, 0.6) is 0 Å². The zero-order valence-corrected chi connectivity index (χ0v) is 13.1. The second-order valence-corrected chi connectivity index (χ2v) is 7.33. The molecule has 3 rings (SSSR count). The first kappa shape index (κ1) is 14.3. The minimum atomic E-state index is 0.180. The summed E-state index contributed by atoms with van der Waals surface area (Å²) in [6.45, 7) is 0. The molecule has 2 nitrogen and oxygen atoms in total. The third-order valence-corrected chi connectivity index (χ3v) is 5.88. The maximum absolute atomic E-state index is 12.0. The summed E-state index contributed by atoms with van der Waals surface area (Å²) >= 11 is 7.74. The fourth-order valence-corrected chi connectivity index (χ4v) is 4.66. The normalized spacial score (nSPS) is 27.8. The molecule has 2 fully saturated rings. The second-order valence-electron chi connectivity index (χ2n) is 5.93. The quantitative estimate of drug-likeness (QED) is 0.894. The van der Waals surface area contributed by atoms with Crippen LogP contribution < -0.4 is 5.32 Å². The number of carbonyl (C=O) groups excluding carboxylic acids is 1. The maximum Gasteiger partial charge on any atom is 0.230 e. The van der Waals surface area contributed by atoms with Gasteiger partial charge in [0.25, 0.3) is 0 Å². The van der Waals surface area contributed by atoms with Crippen molar-refractivity contribution in [3.63, 3.8) is 0 Å². The lowest BCUT2D eigenvalue weighted by molar-refractivity contribution is -0.119. The molecule has 2 aliphatic rings. The van der Waals surface area contributed by atoms with E-state index in [1.54, 1.807) is 11.8 Å². The molecular weight excluding hydrogens is 290 g/mol. The number of hydrogen-bond acceptors (Lipinski definition) is 2. The van der Waals surface area contributed by atoms with Crippen LogP contribution >= 0.6 is 23.4 Å². The van der Waals surface area contributed by atoms with E-state index in [1.165, 1.54) is 25.7 Å². The SMILES string of the molecule is O=C(CSCc1ccccc1Cl)N[C@@H]1C[C@@H]2CC[C@@H]1C2. The predicted octanol–water partition coefficient (Wildman–Crippen LogP) is 3.88. The molecule has 1 aromatic carbocycles. The number of hydrogen-bond donors (Lipinski definition) is 1. The monoisotopic (exact) mass is 309 g/mol. The van der Waals surface area contributed by atoms with Crippen LogP contribution in [0, 0.1) is 11.8 Å². The van der Waals surface area contributed by atoms with E-state index >= 15 is 0 Å². The Morgan fingerprint density at radius 2 is 2.15 bits per heavy atom. The summed E-state index contributed by atoms with van der Waals surface area (Å²) < 4.78 is 0. The highest BCUT2D eigenvalue weighted by Crippen LogP contribution is 2.44. The van der Waals surface area contributed by atoms with Gasteiger partial charge in [-0.1, -0.05) is 36.2 Å². The molecule has 3 atom stereocenters. The Balaban J connectivity index is 1.40. The van der Waals surface area contributed by atoms with Gasteiger partial charge < -0.3 is 5.32 Å². The van der Waals surface area contributed by atoms with Gasteiger partial charge in [-0.3, -0.25) is 4.79 Å². The molecule has 1 aromatic rings. The van der Waals surface area contributed by atoms with Crippen LogP contribution in [0.3, 0.4) is 0 Å². The van der Waals surface area contributed by atoms with Crippen molar-refractivity contribution in [3.05, 3.63) is 34.9 Å². The first-order valence-corrected chi connectivity index (χ1v) is 8.86. The topological polar surface area (TPSA) is 29.1 Å². The number of nitrogens with one attached hydrogen (secondary N) is 1. The molecule has 4 heteroatoms. The summed E-state index contributed by atoms with van der Waals surface area (Å²) in [5, 5.41) is 4.00. The third kappa shape index (κ3) is 3.32. The summed E-state index contributed by atoms with van der Waals surface area (Å²) in [5.74, 6) is 3.13. The van der Waals surface area contributed by atoms with E-state index in [2.05, 4.69) is 5.32 Å². The molecular formula is C16H20ClNOS. The molecule has 108 valence electrons. The van der Waals surface area contributed by atoms with Crippen LogP contribution in [0.2, 0.25) is 5.02 Å². The predicted molar refractivity (Wildman–Crippen MR) is 85.0 cm³/mol. The number of carbonyl (C=O) groups is 1. The van der Waals surface area contributed by atoms with Crippen LogP contribution in [0.4, 0.5) is 0 Å². The lowest BCUT2D eigenvalue weighted by atomic mass is 9.95. The molecule has 0 heterocycles. The van der Waals surface area contributed by atoms with Gasteiger partial charge >= 0.3 is 0 Å². The van der Waals surface area contributed by atoms with Crippen molar-refractivity contribution in [2.24, 2.45) is 11.8 Å². The smallest absolute Gasteiger partial charge is 0.230 e. The molecule has 1 N–H and O–H groups in total. The molecule has 0 spiro atoms. The highest BCUT2D eigenvalue weighted by Gasteiger charge is 2.39. The van der Waals surface area contributed by atoms with Crippen molar-refractivity contribution in [2.75, 3.05) is 5.75 Å². The summed E-state index contributed by atoms with van der Waals surface area (Å²) in [7, 11) is 0. The molecule has 1 amide bonds. The van der Waals surface area contributed by atoms with Crippen molar-refractivity contribution in [2.45, 2.75) is 37.5 Å². The van der Waals surface area contributed by atoms with Gasteiger partial charge in [0.05, 0.1) is 5.75 Å². The Morgan fingerprint density at radius 3 is 2.85 bits per heavy atom. The summed E-state index contributed by atoms with van der Waals surface area (Å²) in [6, 6.07) is 8.27. The Labute approximate surface area is 129 Å². The largest absolute Gasteiger partial charge is 0.352 e. The fourth-order valence-electron chi connectivity index (χ4n) is 3.54. The number of fused-ring (bicyclic) bond motifs is 2. The molecule has 2 aliphatic carbocycles. The number of thioether (sulfide) groups is 1. The van der Waals surface area contributed by atoms with E-state index < -0.39 is 0 Å². The van der Waals surface area contributed by atoms with E-state index in [4.69, 9.17) is 11.6 Å². The molecule has 2 bridgehead atoms. The highest BCUT2D eigenvalue weighted by atomic mass is 35.5. The van der Waals surface area contributed by atoms with Crippen molar-refractivity contribution >= 4 is 29.3 Å². The number of amides is 1. The lowest BCUT2D eigenvalue weighted by Crippen LogP contribution is -2.39. The number of benzene rings is 1. The molecule has 0 aromatic heterocycles. The van der Waals surface area contributed by atoms with Crippen LogP contribution in [0.1, 0.15) is 31.2 Å². The van der Waals surface area contributed by atoms with E-state index in [-0.39, 0.29) is 5.91 Å². The zero-order valence-electron chi connectivity index (χ0n) is 11.5. The molecule has 0 radical (unpaired) electrons. The van der Waals surface area contributed by atoms with Gasteiger partial charge in [0.15, 0.2) is 0 Å². The molecule has 20 heavy (non-hydrogen) atoms. The van der Waals surface area contributed by atoms with Crippen LogP contribution in [-0.4, -0.2) is 17.7 Å². The zero-order chi connectivity index (χ0) is 13.9. The second kappa shape index (κ2) is 6.40. The standard InChI is InChI=1S/C16H20ClNOS/c17-14-4-2-1-3-13(14)9-20-10-16(19)18-15-8-11-5-6-12(15)7-11/h1-4,11-12,15H,5-10H2,(H,18,19)/t11-,12-,15-/m1/s1. The van der Waals surface area contributed by atoms with Gasteiger partial charge in [0.2, 0.25) is 5.91 Å². The minimum Gasteiger partial charge on any atom is -0.352 e. The Hall–Kier alpha value is -0.670. The molecule has 0 aliphatic heterocycles. The van der Waals surface area contributed by atoms with E-state index in [0.717, 1.165) is 28.2 Å². The lowest BCUT2D eigenvalue weighted by Gasteiger charge is -2.22. The average Bonchev–Trinajstić information content (AvgIpc) is 3.03. The highest BCUT2D eigenvalue weighted by molar-refractivity contribution is 7.99. The first-order chi connectivity index (χ1) is 9.72. The van der Waals surface area contributed by atoms with Gasteiger partial charge in [0.1, 0.15) is 0 Å². The van der Waals surface area contributed by atoms with E-state index in [1.807, 2.05) is 24.3 Å². The average molecular weight is 310 g/mol. The molecule has 2 saturated carbocycles. The van der Waals surface area contributed by atoms with Crippen LogP contribution in [0.15, 0.2) is 24.3 Å². The van der Waals surface area contributed by atoms with E-state index in [9.17, 15) is 4.79 Å². The molecule has 0 saturated heterocycles.